The monoisotopic (exact) mass is 277 g/mol. The molecule has 0 spiro atoms. The number of halogens is 1. The summed E-state index contributed by atoms with van der Waals surface area (Å²) in [6, 6.07) is 7.79. The number of benzene rings is 1. The minimum absolute atomic E-state index is 0.648. The van der Waals surface area contributed by atoms with E-state index in [1.54, 1.807) is 10.9 Å². The maximum Gasteiger partial charge on any atom is 0.106 e. The average Bonchev–Trinajstić information content (AvgIpc) is 2.90. The van der Waals surface area contributed by atoms with Crippen molar-refractivity contribution in [3.63, 3.8) is 0 Å². The highest BCUT2D eigenvalue weighted by Gasteiger charge is 2.10. The van der Waals surface area contributed by atoms with Crippen molar-refractivity contribution in [2.75, 3.05) is 11.9 Å². The van der Waals surface area contributed by atoms with Crippen LogP contribution in [0.4, 0.5) is 5.69 Å². The summed E-state index contributed by atoms with van der Waals surface area (Å²) in [5.41, 5.74) is 1.94. The zero-order valence-electron chi connectivity index (χ0n) is 11.4. The van der Waals surface area contributed by atoms with E-state index >= 15 is 0 Å². The van der Waals surface area contributed by atoms with E-state index in [-0.39, 0.29) is 0 Å². The smallest absolute Gasteiger partial charge is 0.106 e. The Hall–Kier alpha value is -1.48. The molecule has 102 valence electrons. The third-order valence-electron chi connectivity index (χ3n) is 3.14. The van der Waals surface area contributed by atoms with E-state index < -0.39 is 0 Å². The Morgan fingerprint density at radius 1 is 1.37 bits per heavy atom. The van der Waals surface area contributed by atoms with Gasteiger partial charge in [0.05, 0.1) is 10.7 Å². The van der Waals surface area contributed by atoms with Crippen LogP contribution >= 0.6 is 11.6 Å². The summed E-state index contributed by atoms with van der Waals surface area (Å²) in [4.78, 5) is 0. The normalized spacial score (nSPS) is 12.4. The first-order chi connectivity index (χ1) is 9.22. The third kappa shape index (κ3) is 3.51. The Morgan fingerprint density at radius 3 is 2.89 bits per heavy atom. The van der Waals surface area contributed by atoms with Gasteiger partial charge in [0.2, 0.25) is 0 Å². The Kier molecular flexibility index (Phi) is 4.86. The van der Waals surface area contributed by atoms with Crippen LogP contribution in [0.3, 0.4) is 0 Å². The number of para-hydroxylation sites is 1. The van der Waals surface area contributed by atoms with Crippen molar-refractivity contribution in [1.82, 2.24) is 9.78 Å². The SMILES string of the molecule is CCCC(C)CNc1cccc(Cl)c1-n1cccn1. The quantitative estimate of drug-likeness (QED) is 0.849. The van der Waals surface area contributed by atoms with Crippen molar-refractivity contribution in [1.29, 1.82) is 0 Å². The molecule has 0 fully saturated rings. The lowest BCUT2D eigenvalue weighted by Crippen LogP contribution is -2.13. The van der Waals surface area contributed by atoms with Crippen molar-refractivity contribution in [3.05, 3.63) is 41.7 Å². The van der Waals surface area contributed by atoms with Gasteiger partial charge in [-0.1, -0.05) is 37.9 Å². The van der Waals surface area contributed by atoms with Gasteiger partial charge in [0, 0.05) is 18.9 Å². The third-order valence-corrected chi connectivity index (χ3v) is 3.45. The second-order valence-corrected chi connectivity index (χ2v) is 5.27. The van der Waals surface area contributed by atoms with Crippen LogP contribution in [0.2, 0.25) is 5.02 Å². The zero-order valence-corrected chi connectivity index (χ0v) is 12.2. The number of aromatic nitrogens is 2. The van der Waals surface area contributed by atoms with Crippen LogP contribution in [-0.4, -0.2) is 16.3 Å². The summed E-state index contributed by atoms with van der Waals surface area (Å²) in [5.74, 6) is 0.648. The summed E-state index contributed by atoms with van der Waals surface area (Å²) in [5, 5.41) is 8.45. The van der Waals surface area contributed by atoms with Gasteiger partial charge in [0.25, 0.3) is 0 Å². The lowest BCUT2D eigenvalue weighted by molar-refractivity contribution is 0.550. The van der Waals surface area contributed by atoms with Gasteiger partial charge in [-0.15, -0.1) is 0 Å². The second kappa shape index (κ2) is 6.62. The van der Waals surface area contributed by atoms with Gasteiger partial charge in [-0.2, -0.15) is 5.10 Å². The summed E-state index contributed by atoms with van der Waals surface area (Å²) in [7, 11) is 0. The maximum atomic E-state index is 6.30. The molecule has 2 rings (SSSR count). The Morgan fingerprint density at radius 2 is 2.21 bits per heavy atom. The molecule has 0 saturated carbocycles. The molecule has 0 radical (unpaired) electrons. The molecule has 0 amide bonds. The fourth-order valence-corrected chi connectivity index (χ4v) is 2.43. The van der Waals surface area contributed by atoms with Gasteiger partial charge < -0.3 is 5.32 Å². The molecule has 1 aromatic heterocycles. The van der Waals surface area contributed by atoms with Crippen molar-refractivity contribution in [2.45, 2.75) is 26.7 Å². The number of rotatable bonds is 6. The van der Waals surface area contributed by atoms with Crippen LogP contribution in [0.5, 0.6) is 0 Å². The molecule has 0 aliphatic rings. The lowest BCUT2D eigenvalue weighted by Gasteiger charge is -2.16. The first kappa shape index (κ1) is 13.9. The van der Waals surface area contributed by atoms with E-state index in [1.807, 2.05) is 30.5 Å². The molecular weight excluding hydrogens is 258 g/mol. The number of hydrogen-bond acceptors (Lipinski definition) is 2. The van der Waals surface area contributed by atoms with Gasteiger partial charge >= 0.3 is 0 Å². The molecule has 2 aromatic rings. The summed E-state index contributed by atoms with van der Waals surface area (Å²) in [6.45, 7) is 5.42. The number of anilines is 1. The Bertz CT molecular complexity index is 508. The van der Waals surface area contributed by atoms with E-state index in [4.69, 9.17) is 11.6 Å². The molecule has 0 saturated heterocycles. The Balaban J connectivity index is 2.19. The molecule has 3 nitrogen and oxygen atoms in total. The number of nitrogens with one attached hydrogen (secondary N) is 1. The minimum atomic E-state index is 0.648. The molecule has 1 atom stereocenters. The van der Waals surface area contributed by atoms with E-state index in [9.17, 15) is 0 Å². The van der Waals surface area contributed by atoms with Gasteiger partial charge in [-0.25, -0.2) is 4.68 Å². The highest BCUT2D eigenvalue weighted by molar-refractivity contribution is 6.33. The molecule has 0 bridgehead atoms. The largest absolute Gasteiger partial charge is 0.383 e. The standard InChI is InChI=1S/C15H20ClN3/c1-3-6-12(2)11-17-14-8-4-7-13(16)15(14)19-10-5-9-18-19/h4-5,7-10,12,17H,3,6,11H2,1-2H3. The van der Waals surface area contributed by atoms with E-state index in [2.05, 4.69) is 24.3 Å². The van der Waals surface area contributed by atoms with E-state index in [0.29, 0.717) is 10.9 Å². The van der Waals surface area contributed by atoms with Crippen molar-refractivity contribution in [2.24, 2.45) is 5.92 Å². The van der Waals surface area contributed by atoms with Crippen molar-refractivity contribution in [3.8, 4) is 5.69 Å². The molecule has 1 heterocycles. The molecule has 0 aliphatic heterocycles. The fourth-order valence-electron chi connectivity index (χ4n) is 2.17. The van der Waals surface area contributed by atoms with Crippen molar-refractivity contribution >= 4 is 17.3 Å². The molecule has 4 heteroatoms. The van der Waals surface area contributed by atoms with Crippen LogP contribution in [-0.2, 0) is 0 Å². The van der Waals surface area contributed by atoms with Gasteiger partial charge in [-0.3, -0.25) is 0 Å². The van der Waals surface area contributed by atoms with Gasteiger partial charge in [0.1, 0.15) is 5.69 Å². The minimum Gasteiger partial charge on any atom is -0.383 e. The predicted octanol–water partition coefficient (Wildman–Crippen LogP) is 4.37. The molecule has 19 heavy (non-hydrogen) atoms. The van der Waals surface area contributed by atoms with Crippen LogP contribution in [0.1, 0.15) is 26.7 Å². The molecular formula is C15H20ClN3. The lowest BCUT2D eigenvalue weighted by atomic mass is 10.1. The van der Waals surface area contributed by atoms with Crippen LogP contribution < -0.4 is 5.32 Å². The highest BCUT2D eigenvalue weighted by atomic mass is 35.5. The van der Waals surface area contributed by atoms with Crippen LogP contribution in [0.25, 0.3) is 5.69 Å². The zero-order chi connectivity index (χ0) is 13.7. The summed E-state index contributed by atoms with van der Waals surface area (Å²) >= 11 is 6.30. The maximum absolute atomic E-state index is 6.30. The molecule has 1 unspecified atom stereocenters. The molecule has 1 aromatic carbocycles. The molecule has 1 N–H and O–H groups in total. The first-order valence-corrected chi connectivity index (χ1v) is 7.12. The number of nitrogens with zero attached hydrogens (tertiary/aromatic N) is 2. The molecule has 0 aliphatic carbocycles. The van der Waals surface area contributed by atoms with Crippen molar-refractivity contribution < 1.29 is 0 Å². The Labute approximate surface area is 119 Å². The second-order valence-electron chi connectivity index (χ2n) is 4.86. The van der Waals surface area contributed by atoms with Crippen LogP contribution in [0, 0.1) is 5.92 Å². The topological polar surface area (TPSA) is 29.9 Å². The highest BCUT2D eigenvalue weighted by Crippen LogP contribution is 2.28. The predicted molar refractivity (Wildman–Crippen MR) is 81.1 cm³/mol. The van der Waals surface area contributed by atoms with Gasteiger partial charge in [-0.05, 0) is 30.5 Å². The average molecular weight is 278 g/mol. The summed E-state index contributed by atoms with van der Waals surface area (Å²) in [6.07, 6.45) is 6.10. The van der Waals surface area contributed by atoms with E-state index in [1.165, 1.54) is 12.8 Å². The van der Waals surface area contributed by atoms with E-state index in [0.717, 1.165) is 17.9 Å². The first-order valence-electron chi connectivity index (χ1n) is 6.74. The van der Waals surface area contributed by atoms with Gasteiger partial charge in [0.15, 0.2) is 0 Å². The fraction of sp³-hybridized carbons (Fsp3) is 0.400. The number of hydrogen-bond donors (Lipinski definition) is 1. The summed E-state index contributed by atoms with van der Waals surface area (Å²) < 4.78 is 1.80. The van der Waals surface area contributed by atoms with Crippen LogP contribution in [0.15, 0.2) is 36.7 Å².